The molecule has 0 bridgehead atoms. The number of piperidine rings is 1. The summed E-state index contributed by atoms with van der Waals surface area (Å²) in [7, 11) is 1.93. The fourth-order valence-corrected chi connectivity index (χ4v) is 3.02. The first kappa shape index (κ1) is 12.2. The molecule has 1 fully saturated rings. The summed E-state index contributed by atoms with van der Waals surface area (Å²) in [5, 5.41) is 0. The van der Waals surface area contributed by atoms with Crippen LogP contribution in [0.25, 0.3) is 0 Å². The Bertz CT molecular complexity index is 383. The summed E-state index contributed by atoms with van der Waals surface area (Å²) in [5.41, 5.74) is 0.932. The zero-order valence-corrected chi connectivity index (χ0v) is 10.8. The second-order valence-electron chi connectivity index (χ2n) is 5.03. The molecule has 1 aromatic rings. The van der Waals surface area contributed by atoms with Crippen LogP contribution in [0.15, 0.2) is 30.3 Å². The first-order chi connectivity index (χ1) is 8.20. The Morgan fingerprint density at radius 3 is 2.65 bits per heavy atom. The van der Waals surface area contributed by atoms with E-state index in [2.05, 4.69) is 19.1 Å². The van der Waals surface area contributed by atoms with Crippen LogP contribution >= 0.6 is 0 Å². The van der Waals surface area contributed by atoms with Gasteiger partial charge >= 0.3 is 0 Å². The van der Waals surface area contributed by atoms with E-state index in [1.54, 1.807) is 0 Å². The number of benzene rings is 1. The van der Waals surface area contributed by atoms with Gasteiger partial charge in [-0.2, -0.15) is 0 Å². The van der Waals surface area contributed by atoms with Crippen molar-refractivity contribution in [1.29, 1.82) is 0 Å². The quantitative estimate of drug-likeness (QED) is 0.783. The fourth-order valence-electron chi connectivity index (χ4n) is 3.02. The highest BCUT2D eigenvalue weighted by Gasteiger charge is 2.43. The van der Waals surface area contributed by atoms with E-state index in [0.717, 1.165) is 32.2 Å². The molecule has 1 aromatic carbocycles. The topological polar surface area (TPSA) is 20.3 Å². The molecule has 1 aliphatic rings. The Kier molecular flexibility index (Phi) is 3.51. The van der Waals surface area contributed by atoms with E-state index in [0.29, 0.717) is 5.91 Å². The van der Waals surface area contributed by atoms with Gasteiger partial charge < -0.3 is 4.90 Å². The number of hydrogen-bond donors (Lipinski definition) is 0. The molecule has 0 aliphatic carbocycles. The Balaban J connectivity index is 2.41. The predicted octanol–water partition coefficient (Wildman–Crippen LogP) is 2.98. The molecule has 92 valence electrons. The Labute approximate surface area is 104 Å². The van der Waals surface area contributed by atoms with Crippen molar-refractivity contribution in [3.8, 4) is 0 Å². The minimum Gasteiger partial charge on any atom is -0.345 e. The minimum atomic E-state index is -0.261. The summed E-state index contributed by atoms with van der Waals surface area (Å²) in [4.78, 5) is 14.5. The van der Waals surface area contributed by atoms with Crippen LogP contribution in [0.3, 0.4) is 0 Å². The summed E-state index contributed by atoms with van der Waals surface area (Å²) in [6.45, 7) is 3.06. The van der Waals surface area contributed by atoms with Gasteiger partial charge in [0.1, 0.15) is 0 Å². The molecule has 17 heavy (non-hydrogen) atoms. The van der Waals surface area contributed by atoms with E-state index in [4.69, 9.17) is 0 Å². The van der Waals surface area contributed by atoms with Crippen molar-refractivity contribution < 1.29 is 4.79 Å². The van der Waals surface area contributed by atoms with Crippen LogP contribution in [0.2, 0.25) is 0 Å². The third-order valence-corrected chi connectivity index (χ3v) is 3.86. The SMILES string of the molecule is CCCC1(c2ccccc2)CCCN(C)C1=O. The van der Waals surface area contributed by atoms with Gasteiger partial charge in [-0.1, -0.05) is 43.7 Å². The third kappa shape index (κ3) is 2.08. The van der Waals surface area contributed by atoms with E-state index >= 15 is 0 Å². The van der Waals surface area contributed by atoms with Crippen LogP contribution in [0.4, 0.5) is 0 Å². The number of carbonyl (C=O) groups excluding carboxylic acids is 1. The minimum absolute atomic E-state index is 0.261. The van der Waals surface area contributed by atoms with Crippen molar-refractivity contribution in [2.75, 3.05) is 13.6 Å². The molecule has 1 saturated heterocycles. The van der Waals surface area contributed by atoms with E-state index in [-0.39, 0.29) is 5.41 Å². The highest BCUT2D eigenvalue weighted by molar-refractivity contribution is 5.88. The van der Waals surface area contributed by atoms with Gasteiger partial charge in [-0.05, 0) is 24.8 Å². The Hall–Kier alpha value is -1.31. The van der Waals surface area contributed by atoms with Gasteiger partial charge in [0.2, 0.25) is 5.91 Å². The fraction of sp³-hybridized carbons (Fsp3) is 0.533. The second kappa shape index (κ2) is 4.91. The molecule has 0 spiro atoms. The normalized spacial score (nSPS) is 25.1. The number of rotatable bonds is 3. The molecule has 2 rings (SSSR count). The molecule has 1 amide bonds. The van der Waals surface area contributed by atoms with Gasteiger partial charge in [0.25, 0.3) is 0 Å². The summed E-state index contributed by atoms with van der Waals surface area (Å²) in [6, 6.07) is 10.3. The van der Waals surface area contributed by atoms with E-state index in [9.17, 15) is 4.79 Å². The number of hydrogen-bond acceptors (Lipinski definition) is 1. The molecule has 1 atom stereocenters. The number of likely N-dealkylation sites (tertiary alicyclic amines) is 1. The Morgan fingerprint density at radius 2 is 2.00 bits per heavy atom. The van der Waals surface area contributed by atoms with Gasteiger partial charge in [0.15, 0.2) is 0 Å². The van der Waals surface area contributed by atoms with Gasteiger partial charge in [-0.3, -0.25) is 4.79 Å². The lowest BCUT2D eigenvalue weighted by atomic mass is 9.70. The second-order valence-corrected chi connectivity index (χ2v) is 5.03. The number of likely N-dealkylation sites (N-methyl/N-ethyl adjacent to an activating group) is 1. The first-order valence-electron chi connectivity index (χ1n) is 6.52. The maximum Gasteiger partial charge on any atom is 0.232 e. The zero-order valence-electron chi connectivity index (χ0n) is 10.8. The van der Waals surface area contributed by atoms with Crippen molar-refractivity contribution in [3.63, 3.8) is 0 Å². The van der Waals surface area contributed by atoms with Crippen LogP contribution in [0.1, 0.15) is 38.2 Å². The molecule has 2 heteroatoms. The smallest absolute Gasteiger partial charge is 0.232 e. The highest BCUT2D eigenvalue weighted by Crippen LogP contribution is 2.38. The van der Waals surface area contributed by atoms with Crippen molar-refractivity contribution in [2.24, 2.45) is 0 Å². The maximum atomic E-state index is 12.6. The molecule has 1 aliphatic heterocycles. The standard InChI is InChI=1S/C15H21NO/c1-3-10-15(13-8-5-4-6-9-13)11-7-12-16(2)14(15)17/h4-6,8-9H,3,7,10-12H2,1-2H3. The summed E-state index contributed by atoms with van der Waals surface area (Å²) in [6.07, 6.45) is 4.11. The van der Waals surface area contributed by atoms with Crippen molar-refractivity contribution in [1.82, 2.24) is 4.90 Å². The van der Waals surface area contributed by atoms with Gasteiger partial charge in [-0.25, -0.2) is 0 Å². The maximum absolute atomic E-state index is 12.6. The van der Waals surface area contributed by atoms with Crippen molar-refractivity contribution in [3.05, 3.63) is 35.9 Å². The predicted molar refractivity (Wildman–Crippen MR) is 69.9 cm³/mol. The lowest BCUT2D eigenvalue weighted by Gasteiger charge is -2.40. The number of carbonyl (C=O) groups is 1. The number of nitrogens with zero attached hydrogens (tertiary/aromatic N) is 1. The van der Waals surface area contributed by atoms with Crippen LogP contribution in [-0.4, -0.2) is 24.4 Å². The third-order valence-electron chi connectivity index (χ3n) is 3.86. The summed E-state index contributed by atoms with van der Waals surface area (Å²) in [5.74, 6) is 0.303. The first-order valence-corrected chi connectivity index (χ1v) is 6.52. The average Bonchev–Trinajstić information content (AvgIpc) is 2.36. The molecular formula is C15H21NO. The summed E-state index contributed by atoms with van der Waals surface area (Å²) < 4.78 is 0. The van der Waals surface area contributed by atoms with E-state index in [1.807, 2.05) is 30.1 Å². The van der Waals surface area contributed by atoms with Gasteiger partial charge in [0, 0.05) is 13.6 Å². The lowest BCUT2D eigenvalue weighted by Crippen LogP contribution is -2.49. The van der Waals surface area contributed by atoms with Crippen molar-refractivity contribution in [2.45, 2.75) is 38.0 Å². The molecule has 0 saturated carbocycles. The van der Waals surface area contributed by atoms with Crippen LogP contribution in [0.5, 0.6) is 0 Å². The van der Waals surface area contributed by atoms with Crippen LogP contribution < -0.4 is 0 Å². The molecular weight excluding hydrogens is 210 g/mol. The lowest BCUT2D eigenvalue weighted by molar-refractivity contribution is -0.139. The molecule has 1 unspecified atom stereocenters. The largest absolute Gasteiger partial charge is 0.345 e. The molecule has 0 aromatic heterocycles. The zero-order chi connectivity index (χ0) is 12.3. The monoisotopic (exact) mass is 231 g/mol. The van der Waals surface area contributed by atoms with Crippen molar-refractivity contribution >= 4 is 5.91 Å². The van der Waals surface area contributed by atoms with E-state index in [1.165, 1.54) is 5.56 Å². The molecule has 1 heterocycles. The van der Waals surface area contributed by atoms with Gasteiger partial charge in [-0.15, -0.1) is 0 Å². The Morgan fingerprint density at radius 1 is 1.29 bits per heavy atom. The van der Waals surface area contributed by atoms with E-state index < -0.39 is 0 Å². The molecule has 2 nitrogen and oxygen atoms in total. The van der Waals surface area contributed by atoms with Crippen LogP contribution in [0, 0.1) is 0 Å². The number of amides is 1. The molecule has 0 radical (unpaired) electrons. The average molecular weight is 231 g/mol. The molecule has 0 N–H and O–H groups in total. The summed E-state index contributed by atoms with van der Waals surface area (Å²) >= 11 is 0. The highest BCUT2D eigenvalue weighted by atomic mass is 16.2. The van der Waals surface area contributed by atoms with Gasteiger partial charge in [0.05, 0.1) is 5.41 Å². The van der Waals surface area contributed by atoms with Crippen LogP contribution in [-0.2, 0) is 10.2 Å².